The van der Waals surface area contributed by atoms with Gasteiger partial charge in [-0.2, -0.15) is 5.10 Å². The van der Waals surface area contributed by atoms with Crippen LogP contribution in [0.3, 0.4) is 0 Å². The van der Waals surface area contributed by atoms with Crippen LogP contribution >= 0.6 is 11.6 Å². The van der Waals surface area contributed by atoms with Crippen molar-refractivity contribution in [2.45, 2.75) is 50.6 Å². The number of hydrogen-bond acceptors (Lipinski definition) is 3. The first-order valence-corrected chi connectivity index (χ1v) is 8.49. The van der Waals surface area contributed by atoms with Crippen molar-refractivity contribution in [3.05, 3.63) is 11.5 Å². The number of aryl methyl sites for hydroxylation is 2. The van der Waals surface area contributed by atoms with Gasteiger partial charge in [-0.1, -0.05) is 6.92 Å². The van der Waals surface area contributed by atoms with E-state index in [0.717, 1.165) is 41.7 Å². The molecule has 0 aromatic carbocycles. The molecule has 6 heteroatoms. The van der Waals surface area contributed by atoms with Crippen LogP contribution in [0.4, 0.5) is 0 Å². The first-order valence-electron chi connectivity index (χ1n) is 7.95. The van der Waals surface area contributed by atoms with E-state index in [2.05, 4.69) is 21.5 Å². The van der Waals surface area contributed by atoms with Gasteiger partial charge in [0.1, 0.15) is 11.3 Å². The molecular formula is C15H22ClN5. The Labute approximate surface area is 129 Å². The molecule has 1 aliphatic carbocycles. The largest absolute Gasteiger partial charge is 0.307 e. The molecule has 2 aromatic heterocycles. The Balaban J connectivity index is 1.77. The summed E-state index contributed by atoms with van der Waals surface area (Å²) in [5, 5.41) is 4.62. The van der Waals surface area contributed by atoms with Gasteiger partial charge in [0.15, 0.2) is 5.65 Å². The van der Waals surface area contributed by atoms with E-state index in [0.29, 0.717) is 11.9 Å². The van der Waals surface area contributed by atoms with E-state index in [1.54, 1.807) is 0 Å². The van der Waals surface area contributed by atoms with E-state index in [9.17, 15) is 0 Å². The predicted octanol–water partition coefficient (Wildman–Crippen LogP) is 2.48. The Morgan fingerprint density at radius 1 is 1.24 bits per heavy atom. The summed E-state index contributed by atoms with van der Waals surface area (Å²) in [6.07, 6.45) is 4.85. The zero-order chi connectivity index (χ0) is 14.6. The van der Waals surface area contributed by atoms with E-state index < -0.39 is 0 Å². The molecule has 114 valence electrons. The topological polar surface area (TPSA) is 38.9 Å². The van der Waals surface area contributed by atoms with Gasteiger partial charge in [-0.15, -0.1) is 11.6 Å². The molecule has 2 fully saturated rings. The Bertz CT molecular complexity index is 669. The van der Waals surface area contributed by atoms with Crippen molar-refractivity contribution in [3.8, 4) is 0 Å². The summed E-state index contributed by atoms with van der Waals surface area (Å²) in [5.74, 6) is 1.47. The lowest BCUT2D eigenvalue weighted by Crippen LogP contribution is -2.24. The maximum Gasteiger partial charge on any atom is 0.159 e. The first-order chi connectivity index (χ1) is 10.2. The normalized spacial score (nSPS) is 23.5. The highest BCUT2D eigenvalue weighted by atomic mass is 35.5. The third-order valence-electron chi connectivity index (χ3n) is 4.89. The Hall–Kier alpha value is -1.07. The average molecular weight is 308 g/mol. The summed E-state index contributed by atoms with van der Waals surface area (Å²) >= 11 is 6.17. The van der Waals surface area contributed by atoms with E-state index in [1.165, 1.54) is 25.8 Å². The number of rotatable bonds is 4. The van der Waals surface area contributed by atoms with Gasteiger partial charge in [-0.25, -0.2) is 4.98 Å². The number of nitrogens with zero attached hydrogens (tertiary/aromatic N) is 5. The van der Waals surface area contributed by atoms with E-state index in [1.807, 2.05) is 11.7 Å². The quantitative estimate of drug-likeness (QED) is 0.815. The molecule has 2 aliphatic rings. The van der Waals surface area contributed by atoms with Crippen molar-refractivity contribution in [3.63, 3.8) is 0 Å². The Morgan fingerprint density at radius 3 is 2.71 bits per heavy atom. The molecule has 0 amide bonds. The van der Waals surface area contributed by atoms with Crippen molar-refractivity contribution in [2.24, 2.45) is 7.05 Å². The van der Waals surface area contributed by atoms with E-state index in [4.69, 9.17) is 16.6 Å². The van der Waals surface area contributed by atoms with Gasteiger partial charge in [-0.05, 0) is 25.7 Å². The van der Waals surface area contributed by atoms with Gasteiger partial charge < -0.3 is 4.57 Å². The molecule has 1 saturated heterocycles. The minimum absolute atomic E-state index is 0.470. The monoisotopic (exact) mass is 307 g/mol. The van der Waals surface area contributed by atoms with Crippen molar-refractivity contribution in [1.82, 2.24) is 24.2 Å². The van der Waals surface area contributed by atoms with Gasteiger partial charge in [0.25, 0.3) is 0 Å². The lowest BCUT2D eigenvalue weighted by Gasteiger charge is -2.18. The zero-order valence-electron chi connectivity index (χ0n) is 12.7. The van der Waals surface area contributed by atoms with Gasteiger partial charge in [-0.3, -0.25) is 9.58 Å². The van der Waals surface area contributed by atoms with Crippen LogP contribution in [-0.4, -0.2) is 43.4 Å². The molecule has 5 nitrogen and oxygen atoms in total. The molecule has 4 rings (SSSR count). The second kappa shape index (κ2) is 4.99. The summed E-state index contributed by atoms with van der Waals surface area (Å²) in [5.41, 5.74) is 3.26. The van der Waals surface area contributed by atoms with Gasteiger partial charge >= 0.3 is 0 Å². The molecule has 3 heterocycles. The highest BCUT2D eigenvalue weighted by molar-refractivity contribution is 6.16. The summed E-state index contributed by atoms with van der Waals surface area (Å²) in [7, 11) is 2.02. The van der Waals surface area contributed by atoms with E-state index in [-0.39, 0.29) is 0 Å². The third-order valence-corrected chi connectivity index (χ3v) is 5.13. The van der Waals surface area contributed by atoms with Crippen LogP contribution in [0.25, 0.3) is 11.2 Å². The summed E-state index contributed by atoms with van der Waals surface area (Å²) in [4.78, 5) is 7.41. The van der Waals surface area contributed by atoms with Crippen molar-refractivity contribution >= 4 is 22.8 Å². The summed E-state index contributed by atoms with van der Waals surface area (Å²) < 4.78 is 4.34. The molecule has 0 bridgehead atoms. The lowest BCUT2D eigenvalue weighted by molar-refractivity contribution is 0.313. The van der Waals surface area contributed by atoms with Gasteiger partial charge in [0.05, 0.1) is 17.6 Å². The molecule has 0 radical (unpaired) electrons. The first kappa shape index (κ1) is 13.6. The predicted molar refractivity (Wildman–Crippen MR) is 83.7 cm³/mol. The highest BCUT2D eigenvalue weighted by Gasteiger charge is 2.36. The van der Waals surface area contributed by atoms with Crippen LogP contribution in [-0.2, 0) is 19.3 Å². The van der Waals surface area contributed by atoms with Crippen molar-refractivity contribution in [1.29, 1.82) is 0 Å². The molecule has 1 saturated carbocycles. The fourth-order valence-electron chi connectivity index (χ4n) is 3.71. The number of likely N-dealkylation sites (tertiary alicyclic amines) is 1. The van der Waals surface area contributed by atoms with Crippen molar-refractivity contribution < 1.29 is 0 Å². The van der Waals surface area contributed by atoms with Crippen LogP contribution in [0.15, 0.2) is 0 Å². The second-order valence-corrected chi connectivity index (χ2v) is 6.56. The molecule has 0 N–H and O–H groups in total. The number of hydrogen-bond donors (Lipinski definition) is 0. The van der Waals surface area contributed by atoms with Crippen LogP contribution < -0.4 is 0 Å². The Kier molecular flexibility index (Phi) is 3.23. The van der Waals surface area contributed by atoms with Gasteiger partial charge in [0, 0.05) is 26.2 Å². The van der Waals surface area contributed by atoms with E-state index >= 15 is 0 Å². The zero-order valence-corrected chi connectivity index (χ0v) is 13.5. The smallest absolute Gasteiger partial charge is 0.159 e. The van der Waals surface area contributed by atoms with Gasteiger partial charge in [0.2, 0.25) is 0 Å². The second-order valence-electron chi connectivity index (χ2n) is 6.30. The SMILES string of the molecule is CCc1nn(C)c2c1nc(CCl)n2C1CCN(C2CC2)C1. The molecule has 1 aliphatic heterocycles. The fraction of sp³-hybridized carbons (Fsp3) is 0.733. The average Bonchev–Trinajstić information content (AvgIpc) is 2.98. The number of aromatic nitrogens is 4. The molecule has 1 atom stereocenters. The number of fused-ring (bicyclic) bond motifs is 1. The molecule has 1 unspecified atom stereocenters. The maximum atomic E-state index is 6.17. The van der Waals surface area contributed by atoms with Crippen LogP contribution in [0.1, 0.15) is 43.7 Å². The minimum atomic E-state index is 0.470. The highest BCUT2D eigenvalue weighted by Crippen LogP contribution is 2.35. The van der Waals surface area contributed by atoms with Crippen LogP contribution in [0.2, 0.25) is 0 Å². The maximum absolute atomic E-state index is 6.17. The molecule has 21 heavy (non-hydrogen) atoms. The number of halogens is 1. The number of alkyl halides is 1. The van der Waals surface area contributed by atoms with Crippen molar-refractivity contribution in [2.75, 3.05) is 13.1 Å². The van der Waals surface area contributed by atoms with Crippen LogP contribution in [0.5, 0.6) is 0 Å². The molecular weight excluding hydrogens is 286 g/mol. The number of imidazole rings is 1. The fourth-order valence-corrected chi connectivity index (χ4v) is 3.90. The molecule has 0 spiro atoms. The standard InChI is InChI=1S/C15H22ClN5/c1-3-12-14-15(19(2)18-12)21(13(8-16)17-14)11-6-7-20(9-11)10-4-5-10/h10-11H,3-9H2,1-2H3. The summed E-state index contributed by atoms with van der Waals surface area (Å²) in [6, 6.07) is 1.33. The Morgan fingerprint density at radius 2 is 2.05 bits per heavy atom. The lowest BCUT2D eigenvalue weighted by atomic mass is 10.2. The molecule has 2 aromatic rings. The van der Waals surface area contributed by atoms with Crippen LogP contribution in [0, 0.1) is 0 Å². The minimum Gasteiger partial charge on any atom is -0.307 e. The third kappa shape index (κ3) is 2.09. The summed E-state index contributed by atoms with van der Waals surface area (Å²) in [6.45, 7) is 4.47.